The first kappa shape index (κ1) is 14.5. The lowest BCUT2D eigenvalue weighted by atomic mass is 10.3. The predicted octanol–water partition coefficient (Wildman–Crippen LogP) is 3.39. The standard InChI is InChI=1S/C14H20O3Si/c1-12(2)14(15)16-10-11-18(3,4)17-13-8-6-5-7-9-13/h5-9H,1,10-11H2,2-4H3. The van der Waals surface area contributed by atoms with Crippen LogP contribution in [0, 0.1) is 0 Å². The molecular weight excluding hydrogens is 244 g/mol. The number of hydrogen-bond acceptors (Lipinski definition) is 3. The van der Waals surface area contributed by atoms with Crippen molar-refractivity contribution in [3.8, 4) is 5.75 Å². The second-order valence-electron chi connectivity index (χ2n) is 4.84. The third kappa shape index (κ3) is 5.18. The van der Waals surface area contributed by atoms with Gasteiger partial charge >= 0.3 is 5.97 Å². The molecule has 0 N–H and O–H groups in total. The minimum Gasteiger partial charge on any atom is -0.544 e. The smallest absolute Gasteiger partial charge is 0.333 e. The number of carbonyl (C=O) groups is 1. The van der Waals surface area contributed by atoms with Crippen molar-refractivity contribution in [2.24, 2.45) is 0 Å². The Labute approximate surface area is 110 Å². The molecule has 3 nitrogen and oxygen atoms in total. The maximum absolute atomic E-state index is 11.2. The van der Waals surface area contributed by atoms with E-state index < -0.39 is 8.32 Å². The maximum atomic E-state index is 11.2. The molecule has 0 amide bonds. The number of esters is 1. The highest BCUT2D eigenvalue weighted by Crippen LogP contribution is 2.18. The summed E-state index contributed by atoms with van der Waals surface area (Å²) in [5, 5.41) is 0. The van der Waals surface area contributed by atoms with Crippen LogP contribution in [0.2, 0.25) is 19.1 Å². The molecule has 4 heteroatoms. The molecule has 98 valence electrons. The third-order valence-electron chi connectivity index (χ3n) is 2.42. The van der Waals surface area contributed by atoms with Gasteiger partial charge in [0.2, 0.25) is 8.32 Å². The zero-order valence-electron chi connectivity index (χ0n) is 11.2. The van der Waals surface area contributed by atoms with E-state index in [4.69, 9.17) is 9.16 Å². The van der Waals surface area contributed by atoms with Gasteiger partial charge in [-0.1, -0.05) is 24.8 Å². The normalized spacial score (nSPS) is 10.8. The molecule has 18 heavy (non-hydrogen) atoms. The lowest BCUT2D eigenvalue weighted by molar-refractivity contribution is -0.138. The Morgan fingerprint density at radius 1 is 1.28 bits per heavy atom. The molecule has 0 aliphatic heterocycles. The quantitative estimate of drug-likeness (QED) is 0.449. The van der Waals surface area contributed by atoms with E-state index in [9.17, 15) is 4.79 Å². The average Bonchev–Trinajstić information content (AvgIpc) is 2.29. The molecule has 0 radical (unpaired) electrons. The summed E-state index contributed by atoms with van der Waals surface area (Å²) >= 11 is 0. The summed E-state index contributed by atoms with van der Waals surface area (Å²) in [6.07, 6.45) is 0. The molecule has 0 spiro atoms. The minimum atomic E-state index is -1.85. The average molecular weight is 264 g/mol. The first-order valence-electron chi connectivity index (χ1n) is 5.97. The fourth-order valence-corrected chi connectivity index (χ4v) is 2.84. The largest absolute Gasteiger partial charge is 0.544 e. The Bertz CT molecular complexity index is 412. The number of hydrogen-bond donors (Lipinski definition) is 0. The van der Waals surface area contributed by atoms with Crippen LogP contribution in [0.3, 0.4) is 0 Å². The van der Waals surface area contributed by atoms with Crippen molar-refractivity contribution in [3.05, 3.63) is 42.5 Å². The summed E-state index contributed by atoms with van der Waals surface area (Å²) in [6.45, 7) is 9.79. The van der Waals surface area contributed by atoms with E-state index in [0.717, 1.165) is 11.8 Å². The van der Waals surface area contributed by atoms with E-state index in [1.165, 1.54) is 0 Å². The lowest BCUT2D eigenvalue weighted by Gasteiger charge is -2.23. The van der Waals surface area contributed by atoms with Crippen molar-refractivity contribution >= 4 is 14.3 Å². The van der Waals surface area contributed by atoms with Gasteiger partial charge in [0.25, 0.3) is 0 Å². The highest BCUT2D eigenvalue weighted by atomic mass is 28.4. The minimum absolute atomic E-state index is 0.334. The summed E-state index contributed by atoms with van der Waals surface area (Å²) in [7, 11) is -1.85. The Morgan fingerprint density at radius 2 is 1.89 bits per heavy atom. The third-order valence-corrected chi connectivity index (χ3v) is 4.62. The van der Waals surface area contributed by atoms with Crippen LogP contribution in [0.1, 0.15) is 6.92 Å². The van der Waals surface area contributed by atoms with Gasteiger partial charge in [-0.25, -0.2) is 4.79 Å². The summed E-state index contributed by atoms with van der Waals surface area (Å²) in [5.41, 5.74) is 0.429. The fraction of sp³-hybridized carbons (Fsp3) is 0.357. The predicted molar refractivity (Wildman–Crippen MR) is 75.1 cm³/mol. The molecule has 0 aliphatic carbocycles. The highest BCUT2D eigenvalue weighted by molar-refractivity contribution is 6.71. The van der Waals surface area contributed by atoms with Gasteiger partial charge in [-0.05, 0) is 32.2 Å². The van der Waals surface area contributed by atoms with Gasteiger partial charge in [0, 0.05) is 11.6 Å². The number of carbonyl (C=O) groups excluding carboxylic acids is 1. The molecule has 0 aliphatic rings. The second kappa shape index (κ2) is 6.40. The van der Waals surface area contributed by atoms with Crippen molar-refractivity contribution < 1.29 is 14.0 Å². The molecule has 1 aromatic rings. The van der Waals surface area contributed by atoms with Crippen LogP contribution in [0.4, 0.5) is 0 Å². The van der Waals surface area contributed by atoms with Gasteiger partial charge in [0.15, 0.2) is 0 Å². The molecule has 0 bridgehead atoms. The van der Waals surface area contributed by atoms with E-state index in [2.05, 4.69) is 19.7 Å². The molecule has 0 heterocycles. The zero-order chi connectivity index (χ0) is 13.6. The van der Waals surface area contributed by atoms with Crippen LogP contribution in [0.15, 0.2) is 42.5 Å². The molecule has 1 rings (SSSR count). The molecule has 0 atom stereocenters. The van der Waals surface area contributed by atoms with E-state index in [1.54, 1.807) is 6.92 Å². The van der Waals surface area contributed by atoms with Gasteiger partial charge < -0.3 is 9.16 Å². The number of benzene rings is 1. The lowest BCUT2D eigenvalue weighted by Crippen LogP contribution is -2.35. The molecule has 0 fully saturated rings. The molecule has 0 saturated heterocycles. The van der Waals surface area contributed by atoms with Crippen LogP contribution in [0.5, 0.6) is 5.75 Å². The Balaban J connectivity index is 2.40. The van der Waals surface area contributed by atoms with Crippen LogP contribution in [-0.2, 0) is 9.53 Å². The van der Waals surface area contributed by atoms with Crippen LogP contribution in [0.25, 0.3) is 0 Å². The summed E-state index contributed by atoms with van der Waals surface area (Å²) in [6, 6.07) is 10.5. The monoisotopic (exact) mass is 264 g/mol. The van der Waals surface area contributed by atoms with Gasteiger partial charge in [-0.15, -0.1) is 0 Å². The Kier molecular flexibility index (Phi) is 5.16. The second-order valence-corrected chi connectivity index (χ2v) is 9.06. The number of ether oxygens (including phenoxy) is 1. The first-order chi connectivity index (χ1) is 8.41. The molecule has 1 aromatic carbocycles. The Morgan fingerprint density at radius 3 is 2.44 bits per heavy atom. The van der Waals surface area contributed by atoms with E-state index in [-0.39, 0.29) is 5.97 Å². The Hall–Kier alpha value is -1.55. The van der Waals surface area contributed by atoms with Crippen molar-refractivity contribution in [1.82, 2.24) is 0 Å². The van der Waals surface area contributed by atoms with Crippen molar-refractivity contribution in [2.75, 3.05) is 6.61 Å². The van der Waals surface area contributed by atoms with E-state index >= 15 is 0 Å². The van der Waals surface area contributed by atoms with Gasteiger partial charge in [0.05, 0.1) is 6.61 Å². The summed E-state index contributed by atoms with van der Waals surface area (Å²) < 4.78 is 11.1. The topological polar surface area (TPSA) is 35.5 Å². The molecule has 0 aromatic heterocycles. The van der Waals surface area contributed by atoms with Gasteiger partial charge in [-0.3, -0.25) is 0 Å². The highest BCUT2D eigenvalue weighted by Gasteiger charge is 2.24. The van der Waals surface area contributed by atoms with Crippen molar-refractivity contribution in [2.45, 2.75) is 26.1 Å². The fourth-order valence-electron chi connectivity index (χ4n) is 1.37. The SMILES string of the molecule is C=C(C)C(=O)OCC[Si](C)(C)Oc1ccccc1. The first-order valence-corrected chi connectivity index (χ1v) is 9.09. The zero-order valence-corrected chi connectivity index (χ0v) is 12.2. The number of rotatable bonds is 6. The summed E-state index contributed by atoms with van der Waals surface area (Å²) in [4.78, 5) is 11.2. The molecular formula is C14H20O3Si. The van der Waals surface area contributed by atoms with Crippen molar-refractivity contribution in [1.29, 1.82) is 0 Å². The summed E-state index contributed by atoms with van der Waals surface area (Å²) in [5.74, 6) is 0.542. The van der Waals surface area contributed by atoms with Crippen LogP contribution < -0.4 is 4.43 Å². The van der Waals surface area contributed by atoms with Gasteiger partial charge in [0.1, 0.15) is 5.75 Å². The van der Waals surface area contributed by atoms with E-state index in [0.29, 0.717) is 12.2 Å². The van der Waals surface area contributed by atoms with Crippen LogP contribution >= 0.6 is 0 Å². The maximum Gasteiger partial charge on any atom is 0.333 e. The van der Waals surface area contributed by atoms with Crippen LogP contribution in [-0.4, -0.2) is 20.9 Å². The number of para-hydroxylation sites is 1. The van der Waals surface area contributed by atoms with Crippen molar-refractivity contribution in [3.63, 3.8) is 0 Å². The van der Waals surface area contributed by atoms with Gasteiger partial charge in [-0.2, -0.15) is 0 Å². The molecule has 0 unspecified atom stereocenters. The molecule has 0 saturated carbocycles. The van der Waals surface area contributed by atoms with E-state index in [1.807, 2.05) is 30.3 Å².